The monoisotopic (exact) mass is 210 g/mol. The molecule has 2 nitrogen and oxygen atoms in total. The third-order valence-electron chi connectivity index (χ3n) is 4.68. The summed E-state index contributed by atoms with van der Waals surface area (Å²) >= 11 is 0. The predicted molar refractivity (Wildman–Crippen MR) is 64.8 cm³/mol. The Hall–Kier alpha value is -0.0800. The second-order valence-electron chi connectivity index (χ2n) is 5.92. The Morgan fingerprint density at radius 3 is 2.53 bits per heavy atom. The number of hydrogen-bond donors (Lipinski definition) is 1. The summed E-state index contributed by atoms with van der Waals surface area (Å²) in [4.78, 5) is 2.52. The van der Waals surface area contributed by atoms with Crippen molar-refractivity contribution < 1.29 is 0 Å². The van der Waals surface area contributed by atoms with E-state index in [1.54, 1.807) is 0 Å². The Morgan fingerprint density at radius 1 is 1.27 bits per heavy atom. The van der Waals surface area contributed by atoms with E-state index < -0.39 is 0 Å². The minimum Gasteiger partial charge on any atom is -0.328 e. The third kappa shape index (κ3) is 2.21. The fraction of sp³-hybridized carbons (Fsp3) is 1.00. The molecule has 1 saturated heterocycles. The highest BCUT2D eigenvalue weighted by molar-refractivity contribution is 4.97. The minimum absolute atomic E-state index is 0.386. The van der Waals surface area contributed by atoms with Crippen LogP contribution < -0.4 is 5.73 Å². The van der Waals surface area contributed by atoms with Crippen molar-refractivity contribution in [3.63, 3.8) is 0 Å². The van der Waals surface area contributed by atoms with Crippen LogP contribution in [0, 0.1) is 11.3 Å². The Balaban J connectivity index is 2.14. The summed E-state index contributed by atoms with van der Waals surface area (Å²) in [5.41, 5.74) is 6.77. The van der Waals surface area contributed by atoms with Gasteiger partial charge in [0.15, 0.2) is 0 Å². The zero-order valence-electron chi connectivity index (χ0n) is 10.3. The van der Waals surface area contributed by atoms with Gasteiger partial charge in [0.25, 0.3) is 0 Å². The Morgan fingerprint density at radius 2 is 1.93 bits per heavy atom. The van der Waals surface area contributed by atoms with Gasteiger partial charge in [0.2, 0.25) is 0 Å². The standard InChI is InChI=1S/C13H26N2/c1-11(14)12-6-9-15(2)10-13(12)7-4-3-5-8-13/h11-12H,3-10,14H2,1-2H3. The van der Waals surface area contributed by atoms with Gasteiger partial charge in [-0.2, -0.15) is 0 Å². The maximum absolute atomic E-state index is 6.20. The van der Waals surface area contributed by atoms with Crippen molar-refractivity contribution in [1.29, 1.82) is 0 Å². The molecule has 0 aromatic carbocycles. The van der Waals surface area contributed by atoms with Crippen molar-refractivity contribution >= 4 is 0 Å². The molecule has 2 unspecified atom stereocenters. The molecular formula is C13H26N2. The number of rotatable bonds is 1. The summed E-state index contributed by atoms with van der Waals surface area (Å²) in [6.07, 6.45) is 8.45. The molecule has 1 heterocycles. The zero-order chi connectivity index (χ0) is 10.9. The molecule has 1 aliphatic carbocycles. The summed E-state index contributed by atoms with van der Waals surface area (Å²) in [6, 6.07) is 0.386. The van der Waals surface area contributed by atoms with Gasteiger partial charge >= 0.3 is 0 Å². The average Bonchev–Trinajstić information content (AvgIpc) is 2.18. The lowest BCUT2D eigenvalue weighted by Gasteiger charge is -2.51. The normalized spacial score (nSPS) is 34.2. The molecule has 2 aliphatic rings. The van der Waals surface area contributed by atoms with Gasteiger partial charge in [-0.1, -0.05) is 19.3 Å². The van der Waals surface area contributed by atoms with Crippen molar-refractivity contribution in [3.05, 3.63) is 0 Å². The fourth-order valence-corrected chi connectivity index (χ4v) is 4.00. The molecule has 1 spiro atoms. The molecule has 0 radical (unpaired) electrons. The molecule has 0 aromatic rings. The largest absolute Gasteiger partial charge is 0.328 e. The van der Waals surface area contributed by atoms with E-state index in [1.165, 1.54) is 51.6 Å². The van der Waals surface area contributed by atoms with Crippen LogP contribution in [-0.4, -0.2) is 31.1 Å². The second-order valence-corrected chi connectivity index (χ2v) is 5.92. The van der Waals surface area contributed by atoms with Crippen LogP contribution in [0.5, 0.6) is 0 Å². The number of hydrogen-bond acceptors (Lipinski definition) is 2. The molecule has 0 bridgehead atoms. The topological polar surface area (TPSA) is 29.3 Å². The van der Waals surface area contributed by atoms with Gasteiger partial charge in [-0.25, -0.2) is 0 Å². The number of likely N-dealkylation sites (tertiary alicyclic amines) is 1. The summed E-state index contributed by atoms with van der Waals surface area (Å²) in [5, 5.41) is 0. The van der Waals surface area contributed by atoms with E-state index in [-0.39, 0.29) is 0 Å². The molecule has 2 rings (SSSR count). The van der Waals surface area contributed by atoms with Crippen molar-refractivity contribution in [2.45, 2.75) is 51.5 Å². The first-order chi connectivity index (χ1) is 7.14. The van der Waals surface area contributed by atoms with Crippen LogP contribution in [0.2, 0.25) is 0 Å². The van der Waals surface area contributed by atoms with Crippen LogP contribution in [0.1, 0.15) is 45.4 Å². The van der Waals surface area contributed by atoms with Crippen LogP contribution >= 0.6 is 0 Å². The fourth-order valence-electron chi connectivity index (χ4n) is 4.00. The first-order valence-electron chi connectivity index (χ1n) is 6.58. The molecule has 2 heteroatoms. The predicted octanol–water partition coefficient (Wildman–Crippen LogP) is 2.24. The van der Waals surface area contributed by atoms with Gasteiger partial charge in [0, 0.05) is 12.6 Å². The first kappa shape index (κ1) is 11.4. The zero-order valence-corrected chi connectivity index (χ0v) is 10.3. The molecule has 1 saturated carbocycles. The van der Waals surface area contributed by atoms with E-state index in [1.807, 2.05) is 0 Å². The van der Waals surface area contributed by atoms with Crippen molar-refractivity contribution in [1.82, 2.24) is 4.90 Å². The molecule has 88 valence electrons. The van der Waals surface area contributed by atoms with Gasteiger partial charge in [-0.3, -0.25) is 0 Å². The summed E-state index contributed by atoms with van der Waals surface area (Å²) in [5.74, 6) is 0.772. The Kier molecular flexibility index (Phi) is 3.36. The molecule has 2 N–H and O–H groups in total. The smallest absolute Gasteiger partial charge is 0.00450 e. The van der Waals surface area contributed by atoms with Gasteiger partial charge < -0.3 is 10.6 Å². The highest BCUT2D eigenvalue weighted by Gasteiger charge is 2.44. The van der Waals surface area contributed by atoms with Gasteiger partial charge in [0.1, 0.15) is 0 Å². The van der Waals surface area contributed by atoms with Crippen LogP contribution in [0.3, 0.4) is 0 Å². The van der Waals surface area contributed by atoms with Crippen LogP contribution in [0.25, 0.3) is 0 Å². The third-order valence-corrected chi connectivity index (χ3v) is 4.68. The van der Waals surface area contributed by atoms with Gasteiger partial charge in [-0.15, -0.1) is 0 Å². The van der Waals surface area contributed by atoms with E-state index >= 15 is 0 Å². The van der Waals surface area contributed by atoms with E-state index in [4.69, 9.17) is 5.73 Å². The maximum atomic E-state index is 6.20. The van der Waals surface area contributed by atoms with E-state index in [0.29, 0.717) is 11.5 Å². The highest BCUT2D eigenvalue weighted by Crippen LogP contribution is 2.47. The SMILES string of the molecule is CC(N)C1CCN(C)CC12CCCCC2. The van der Waals surface area contributed by atoms with Gasteiger partial charge in [-0.05, 0) is 51.1 Å². The van der Waals surface area contributed by atoms with E-state index in [9.17, 15) is 0 Å². The molecule has 2 fully saturated rings. The van der Waals surface area contributed by atoms with Gasteiger partial charge in [0.05, 0.1) is 0 Å². The minimum atomic E-state index is 0.386. The lowest BCUT2D eigenvalue weighted by Crippen LogP contribution is -2.53. The van der Waals surface area contributed by atoms with Crippen molar-refractivity contribution in [2.24, 2.45) is 17.1 Å². The van der Waals surface area contributed by atoms with E-state index in [2.05, 4.69) is 18.9 Å². The Bertz CT molecular complexity index is 207. The molecule has 15 heavy (non-hydrogen) atoms. The summed E-state index contributed by atoms with van der Waals surface area (Å²) < 4.78 is 0. The highest BCUT2D eigenvalue weighted by atomic mass is 15.1. The molecular weight excluding hydrogens is 184 g/mol. The average molecular weight is 210 g/mol. The lowest BCUT2D eigenvalue weighted by molar-refractivity contribution is -0.00282. The first-order valence-corrected chi connectivity index (χ1v) is 6.58. The lowest BCUT2D eigenvalue weighted by atomic mass is 9.61. The number of nitrogens with zero attached hydrogens (tertiary/aromatic N) is 1. The Labute approximate surface area is 94.2 Å². The quantitative estimate of drug-likeness (QED) is 0.719. The summed E-state index contributed by atoms with van der Waals surface area (Å²) in [6.45, 7) is 4.75. The maximum Gasteiger partial charge on any atom is 0.00450 e. The van der Waals surface area contributed by atoms with E-state index in [0.717, 1.165) is 5.92 Å². The summed E-state index contributed by atoms with van der Waals surface area (Å²) in [7, 11) is 2.27. The molecule has 0 amide bonds. The van der Waals surface area contributed by atoms with Crippen LogP contribution in [0.15, 0.2) is 0 Å². The van der Waals surface area contributed by atoms with Crippen molar-refractivity contribution in [2.75, 3.05) is 20.1 Å². The number of nitrogens with two attached hydrogens (primary N) is 1. The number of piperidine rings is 1. The molecule has 0 aromatic heterocycles. The van der Waals surface area contributed by atoms with Crippen molar-refractivity contribution in [3.8, 4) is 0 Å². The second kappa shape index (κ2) is 4.42. The molecule has 1 aliphatic heterocycles. The van der Waals surface area contributed by atoms with Crippen LogP contribution in [-0.2, 0) is 0 Å². The van der Waals surface area contributed by atoms with Crippen LogP contribution in [0.4, 0.5) is 0 Å². The molecule has 2 atom stereocenters.